The van der Waals surface area contributed by atoms with Crippen molar-refractivity contribution in [3.8, 4) is 0 Å². The van der Waals surface area contributed by atoms with Crippen molar-refractivity contribution in [3.63, 3.8) is 0 Å². The minimum atomic E-state index is 0.712. The summed E-state index contributed by atoms with van der Waals surface area (Å²) >= 11 is 5.84. The largest absolute Gasteiger partial charge is 0.126 e. The van der Waals surface area contributed by atoms with Gasteiger partial charge in [-0.05, 0) is 49.4 Å². The fraction of sp³-hybridized carbons (Fsp3) is 1.00. The molecule has 0 aromatic carbocycles. The van der Waals surface area contributed by atoms with Gasteiger partial charge in [0.05, 0.1) is 0 Å². The molecule has 0 aromatic heterocycles. The second-order valence-corrected chi connectivity index (χ2v) is 5.59. The molecule has 3 atom stereocenters. The number of alkyl halides is 1. The van der Waals surface area contributed by atoms with E-state index in [-0.39, 0.29) is 0 Å². The minimum absolute atomic E-state index is 0.712. The van der Waals surface area contributed by atoms with E-state index in [1.807, 2.05) is 0 Å². The topological polar surface area (TPSA) is 0 Å². The van der Waals surface area contributed by atoms with Crippen molar-refractivity contribution >= 4 is 11.6 Å². The van der Waals surface area contributed by atoms with E-state index in [0.29, 0.717) is 5.92 Å². The van der Waals surface area contributed by atoms with Crippen molar-refractivity contribution in [1.82, 2.24) is 0 Å². The van der Waals surface area contributed by atoms with Gasteiger partial charge in [0.1, 0.15) is 0 Å². The molecule has 13 heavy (non-hydrogen) atoms. The molecule has 1 aliphatic rings. The molecule has 1 aliphatic carbocycles. The van der Waals surface area contributed by atoms with Crippen LogP contribution in [0, 0.1) is 23.7 Å². The van der Waals surface area contributed by atoms with Crippen LogP contribution in [0.25, 0.3) is 0 Å². The first-order valence-corrected chi connectivity index (χ1v) is 6.21. The van der Waals surface area contributed by atoms with Crippen LogP contribution in [0.5, 0.6) is 0 Å². The third kappa shape index (κ3) is 3.89. The lowest BCUT2D eigenvalue weighted by Crippen LogP contribution is -2.21. The Hall–Kier alpha value is 0.290. The van der Waals surface area contributed by atoms with E-state index < -0.39 is 0 Å². The summed E-state index contributed by atoms with van der Waals surface area (Å²) in [5.74, 6) is 4.38. The maximum absolute atomic E-state index is 5.84. The summed E-state index contributed by atoms with van der Waals surface area (Å²) in [4.78, 5) is 0. The summed E-state index contributed by atoms with van der Waals surface area (Å²) in [7, 11) is 0. The molecule has 0 bridgehead atoms. The summed E-state index contributed by atoms with van der Waals surface area (Å²) in [6.07, 6.45) is 5.65. The second kappa shape index (κ2) is 5.24. The van der Waals surface area contributed by atoms with Crippen LogP contribution in [0.3, 0.4) is 0 Å². The molecule has 0 aliphatic heterocycles. The van der Waals surface area contributed by atoms with Crippen molar-refractivity contribution in [2.24, 2.45) is 23.7 Å². The van der Waals surface area contributed by atoms with E-state index in [4.69, 9.17) is 11.6 Å². The molecule has 0 aromatic rings. The third-order valence-corrected chi connectivity index (χ3v) is 3.80. The van der Waals surface area contributed by atoms with Crippen LogP contribution >= 0.6 is 11.6 Å². The minimum Gasteiger partial charge on any atom is -0.126 e. The Morgan fingerprint density at radius 3 is 2.15 bits per heavy atom. The normalized spacial score (nSPS) is 37.4. The van der Waals surface area contributed by atoms with Crippen molar-refractivity contribution in [2.45, 2.75) is 46.5 Å². The Morgan fingerprint density at radius 2 is 1.69 bits per heavy atom. The first-order valence-electron chi connectivity index (χ1n) is 5.67. The average Bonchev–Trinajstić information content (AvgIpc) is 2.02. The highest BCUT2D eigenvalue weighted by Gasteiger charge is 2.24. The summed E-state index contributed by atoms with van der Waals surface area (Å²) in [6.45, 7) is 7.07. The van der Waals surface area contributed by atoms with Gasteiger partial charge in [0.2, 0.25) is 0 Å². The van der Waals surface area contributed by atoms with Gasteiger partial charge in [-0.15, -0.1) is 11.6 Å². The molecule has 1 saturated carbocycles. The molecule has 1 heteroatoms. The van der Waals surface area contributed by atoms with Crippen LogP contribution in [0.4, 0.5) is 0 Å². The van der Waals surface area contributed by atoms with Gasteiger partial charge < -0.3 is 0 Å². The molecular weight excluding hydrogens is 180 g/mol. The van der Waals surface area contributed by atoms with Crippen molar-refractivity contribution < 1.29 is 0 Å². The fourth-order valence-corrected chi connectivity index (χ4v) is 3.06. The van der Waals surface area contributed by atoms with E-state index in [0.717, 1.165) is 23.6 Å². The lowest BCUT2D eigenvalue weighted by Gasteiger charge is -2.32. The maximum Gasteiger partial charge on any atom is 0.0249 e. The van der Waals surface area contributed by atoms with Crippen LogP contribution in [-0.4, -0.2) is 5.88 Å². The maximum atomic E-state index is 5.84. The van der Waals surface area contributed by atoms with Gasteiger partial charge in [-0.2, -0.15) is 0 Å². The number of hydrogen-bond acceptors (Lipinski definition) is 0. The van der Waals surface area contributed by atoms with Gasteiger partial charge in [0.25, 0.3) is 0 Å². The van der Waals surface area contributed by atoms with Crippen molar-refractivity contribution in [2.75, 3.05) is 5.88 Å². The van der Waals surface area contributed by atoms with E-state index in [9.17, 15) is 0 Å². The average molecular weight is 203 g/mol. The Labute approximate surface area is 88.1 Å². The Bertz CT molecular complexity index is 134. The Kier molecular flexibility index (Phi) is 4.58. The third-order valence-electron chi connectivity index (χ3n) is 3.28. The predicted octanol–water partition coefficient (Wildman–Crippen LogP) is 4.32. The van der Waals surface area contributed by atoms with Gasteiger partial charge in [-0.1, -0.05) is 20.8 Å². The molecule has 0 heterocycles. The van der Waals surface area contributed by atoms with Crippen LogP contribution < -0.4 is 0 Å². The second-order valence-electron chi connectivity index (χ2n) is 5.28. The summed E-state index contributed by atoms with van der Waals surface area (Å²) in [6, 6.07) is 0. The summed E-state index contributed by atoms with van der Waals surface area (Å²) < 4.78 is 0. The van der Waals surface area contributed by atoms with Crippen LogP contribution in [0.15, 0.2) is 0 Å². The lowest BCUT2D eigenvalue weighted by atomic mass is 9.74. The Morgan fingerprint density at radius 1 is 1.15 bits per heavy atom. The molecule has 1 rings (SSSR count). The first-order chi connectivity index (χ1) is 6.11. The molecule has 0 spiro atoms. The first kappa shape index (κ1) is 11.4. The van der Waals surface area contributed by atoms with E-state index in [1.54, 1.807) is 0 Å². The van der Waals surface area contributed by atoms with Gasteiger partial charge in [-0.25, -0.2) is 0 Å². The number of rotatable bonds is 3. The number of hydrogen-bond donors (Lipinski definition) is 0. The highest BCUT2D eigenvalue weighted by Crippen LogP contribution is 2.36. The SMILES string of the molecule is CC(CCl)CC1CC(C)CC(C)C1. The molecule has 0 saturated heterocycles. The number of halogens is 1. The smallest absolute Gasteiger partial charge is 0.0249 e. The van der Waals surface area contributed by atoms with E-state index in [1.165, 1.54) is 25.7 Å². The van der Waals surface area contributed by atoms with Gasteiger partial charge in [-0.3, -0.25) is 0 Å². The van der Waals surface area contributed by atoms with E-state index >= 15 is 0 Å². The van der Waals surface area contributed by atoms with Gasteiger partial charge >= 0.3 is 0 Å². The molecule has 0 amide bonds. The summed E-state index contributed by atoms with van der Waals surface area (Å²) in [5.41, 5.74) is 0. The quantitative estimate of drug-likeness (QED) is 0.598. The standard InChI is InChI=1S/C12H23Cl/c1-9-4-10(2)6-12(5-9)7-11(3)8-13/h9-12H,4-8H2,1-3H3. The van der Waals surface area contributed by atoms with Gasteiger partial charge in [0.15, 0.2) is 0 Å². The zero-order chi connectivity index (χ0) is 9.84. The molecule has 78 valence electrons. The zero-order valence-electron chi connectivity index (χ0n) is 9.22. The van der Waals surface area contributed by atoms with E-state index in [2.05, 4.69) is 20.8 Å². The Balaban J connectivity index is 2.32. The summed E-state index contributed by atoms with van der Waals surface area (Å²) in [5, 5.41) is 0. The van der Waals surface area contributed by atoms with Crippen molar-refractivity contribution in [3.05, 3.63) is 0 Å². The molecule has 0 radical (unpaired) electrons. The van der Waals surface area contributed by atoms with Crippen LogP contribution in [0.2, 0.25) is 0 Å². The molecule has 1 fully saturated rings. The highest BCUT2D eigenvalue weighted by molar-refractivity contribution is 6.18. The van der Waals surface area contributed by atoms with Gasteiger partial charge in [0, 0.05) is 5.88 Å². The fourth-order valence-electron chi connectivity index (χ4n) is 2.94. The molecule has 0 N–H and O–H groups in total. The highest BCUT2D eigenvalue weighted by atomic mass is 35.5. The van der Waals surface area contributed by atoms with Crippen molar-refractivity contribution in [1.29, 1.82) is 0 Å². The zero-order valence-corrected chi connectivity index (χ0v) is 9.98. The predicted molar refractivity (Wildman–Crippen MR) is 60.2 cm³/mol. The lowest BCUT2D eigenvalue weighted by molar-refractivity contribution is 0.196. The molecule has 3 unspecified atom stereocenters. The molecular formula is C12H23Cl. The van der Waals surface area contributed by atoms with Crippen LogP contribution in [-0.2, 0) is 0 Å². The van der Waals surface area contributed by atoms with Crippen LogP contribution in [0.1, 0.15) is 46.5 Å². The monoisotopic (exact) mass is 202 g/mol. The molecule has 0 nitrogen and oxygen atoms in total.